The molecule has 1 aromatic rings. The summed E-state index contributed by atoms with van der Waals surface area (Å²) >= 11 is 0. The maximum absolute atomic E-state index is 2.16. The minimum absolute atomic E-state index is 0. The van der Waals surface area contributed by atoms with E-state index in [0.717, 1.165) is 6.42 Å². The first kappa shape index (κ1) is 36.0. The maximum Gasteiger partial charge on any atom is 2.00 e. The van der Waals surface area contributed by atoms with Crippen LogP contribution in [0.2, 0.25) is 0 Å². The summed E-state index contributed by atoms with van der Waals surface area (Å²) in [5.74, 6) is 0. The smallest absolute Gasteiger partial charge is 1.00 e. The Balaban J connectivity index is -0.0000000267. The number of halogens is 4. The number of aryl methyl sites for hydroxylation is 1. The van der Waals surface area contributed by atoms with Crippen LogP contribution in [0.1, 0.15) is 12.5 Å². The topological polar surface area (TPSA) is 0 Å². The zero-order valence-corrected chi connectivity index (χ0v) is 17.2. The molecule has 0 radical (unpaired) electrons. The van der Waals surface area contributed by atoms with Crippen LogP contribution < -0.4 is 67.9 Å². The summed E-state index contributed by atoms with van der Waals surface area (Å²) in [6.07, 6.45) is 1.14. The van der Waals surface area contributed by atoms with Gasteiger partial charge in [0, 0.05) is 0 Å². The van der Waals surface area contributed by atoms with E-state index in [-0.39, 0.29) is 114 Å². The normalized spacial score (nSPS) is 5.21. The fourth-order valence-corrected chi connectivity index (χ4v) is 0.714. The second kappa shape index (κ2) is 24.8. The van der Waals surface area contributed by atoms with E-state index in [1.165, 1.54) is 5.56 Å². The molecule has 6 heteroatoms. The largest absolute Gasteiger partial charge is 2.00 e. The third kappa shape index (κ3) is 17.1. The average molecular weight is 474 g/mol. The minimum Gasteiger partial charge on any atom is -1.00 e. The van der Waals surface area contributed by atoms with Gasteiger partial charge in [-0.05, 0) is 12.0 Å². The molecule has 0 amide bonds. The molecule has 0 fully saturated rings. The Hall–Kier alpha value is 2.67. The second-order valence-electron chi connectivity index (χ2n) is 1.84. The fourth-order valence-electron chi connectivity index (χ4n) is 0.714. The zero-order chi connectivity index (χ0) is 5.82. The number of rotatable bonds is 1. The Morgan fingerprint density at radius 3 is 1.36 bits per heavy atom. The SMILES string of the molecule is CCc1ccccc1.[Br-].[Br-].[Br-].[Br-].[Mg+2].[Mg+2]. The number of hydrogen-bond donors (Lipinski definition) is 0. The van der Waals surface area contributed by atoms with Crippen molar-refractivity contribution >= 4 is 46.1 Å². The van der Waals surface area contributed by atoms with Gasteiger partial charge >= 0.3 is 46.1 Å². The number of hydrogen-bond acceptors (Lipinski definition) is 0. The Kier molecular flexibility index (Phi) is 63.6. The van der Waals surface area contributed by atoms with Crippen LogP contribution in [-0.4, -0.2) is 46.1 Å². The third-order valence-corrected chi connectivity index (χ3v) is 1.25. The average Bonchev–Trinajstić information content (AvgIpc) is 1.90. The first-order chi connectivity index (χ1) is 3.93. The summed E-state index contributed by atoms with van der Waals surface area (Å²) in [6.45, 7) is 2.16. The van der Waals surface area contributed by atoms with Crippen LogP contribution >= 0.6 is 0 Å². The van der Waals surface area contributed by atoms with Gasteiger partial charge in [-0.3, -0.25) is 0 Å². The van der Waals surface area contributed by atoms with E-state index in [4.69, 9.17) is 0 Å². The predicted molar refractivity (Wildman–Crippen MR) is 47.3 cm³/mol. The minimum atomic E-state index is 0. The van der Waals surface area contributed by atoms with Gasteiger partial charge in [0.25, 0.3) is 0 Å². The van der Waals surface area contributed by atoms with Crippen LogP contribution in [0.4, 0.5) is 0 Å². The van der Waals surface area contributed by atoms with Crippen LogP contribution in [-0.2, 0) is 6.42 Å². The molecule has 0 spiro atoms. The van der Waals surface area contributed by atoms with Gasteiger partial charge < -0.3 is 67.9 Å². The van der Waals surface area contributed by atoms with Gasteiger partial charge in [-0.2, -0.15) is 0 Å². The van der Waals surface area contributed by atoms with Crippen molar-refractivity contribution < 1.29 is 67.9 Å². The van der Waals surface area contributed by atoms with Crippen molar-refractivity contribution in [2.24, 2.45) is 0 Å². The van der Waals surface area contributed by atoms with Gasteiger partial charge in [0.1, 0.15) is 0 Å². The van der Waals surface area contributed by atoms with Crippen LogP contribution in [0, 0.1) is 0 Å². The predicted octanol–water partition coefficient (Wildman–Crippen LogP) is -10.5. The van der Waals surface area contributed by atoms with Crippen molar-refractivity contribution in [2.45, 2.75) is 13.3 Å². The first-order valence-electron chi connectivity index (χ1n) is 2.97. The molecular weight excluding hydrogens is 464 g/mol. The van der Waals surface area contributed by atoms with Crippen molar-refractivity contribution in [1.29, 1.82) is 0 Å². The van der Waals surface area contributed by atoms with Gasteiger partial charge in [-0.15, -0.1) is 0 Å². The Labute approximate surface area is 161 Å². The summed E-state index contributed by atoms with van der Waals surface area (Å²) in [5.41, 5.74) is 1.41. The molecule has 0 bridgehead atoms. The van der Waals surface area contributed by atoms with Crippen LogP contribution in [0.5, 0.6) is 0 Å². The molecule has 0 aliphatic heterocycles. The standard InChI is InChI=1S/C8H10.4BrH.2Mg/c1-2-8-6-4-3-5-7-8;;;;;;/h3-7H,2H2,1H3;4*1H;;/q;;;;;2*+2/p-4. The quantitative estimate of drug-likeness (QED) is 0.355. The summed E-state index contributed by atoms with van der Waals surface area (Å²) in [6, 6.07) is 10.5. The molecule has 0 unspecified atom stereocenters. The Morgan fingerprint density at radius 2 is 1.14 bits per heavy atom. The van der Waals surface area contributed by atoms with Crippen molar-refractivity contribution in [3.05, 3.63) is 35.9 Å². The molecule has 0 N–H and O–H groups in total. The van der Waals surface area contributed by atoms with Gasteiger partial charge in [-0.1, -0.05) is 37.3 Å². The fraction of sp³-hybridized carbons (Fsp3) is 0.250. The second-order valence-corrected chi connectivity index (χ2v) is 1.84. The molecule has 0 nitrogen and oxygen atoms in total. The maximum atomic E-state index is 2.16. The molecule has 0 aliphatic carbocycles. The molecule has 0 saturated carbocycles. The zero-order valence-electron chi connectivity index (χ0n) is 8.02. The van der Waals surface area contributed by atoms with Crippen molar-refractivity contribution in [3.8, 4) is 0 Å². The summed E-state index contributed by atoms with van der Waals surface area (Å²) in [5, 5.41) is 0. The molecular formula is C8H10Br4Mg2. The summed E-state index contributed by atoms with van der Waals surface area (Å²) < 4.78 is 0. The molecule has 0 aromatic heterocycles. The van der Waals surface area contributed by atoms with Gasteiger partial charge in [0.2, 0.25) is 0 Å². The van der Waals surface area contributed by atoms with Crippen LogP contribution in [0.15, 0.2) is 30.3 Å². The van der Waals surface area contributed by atoms with Crippen molar-refractivity contribution in [3.63, 3.8) is 0 Å². The molecule has 0 aliphatic rings. The molecule has 74 valence electrons. The van der Waals surface area contributed by atoms with Crippen molar-refractivity contribution in [1.82, 2.24) is 0 Å². The monoisotopic (exact) mass is 470 g/mol. The third-order valence-electron chi connectivity index (χ3n) is 1.25. The van der Waals surface area contributed by atoms with Gasteiger partial charge in [0.05, 0.1) is 0 Å². The molecule has 1 rings (SSSR count). The van der Waals surface area contributed by atoms with E-state index in [0.29, 0.717) is 0 Å². The van der Waals surface area contributed by atoms with Gasteiger partial charge in [0.15, 0.2) is 0 Å². The molecule has 0 heterocycles. The molecule has 1 aromatic carbocycles. The van der Waals surface area contributed by atoms with E-state index in [2.05, 4.69) is 31.2 Å². The summed E-state index contributed by atoms with van der Waals surface area (Å²) in [4.78, 5) is 0. The van der Waals surface area contributed by atoms with Crippen LogP contribution in [0.25, 0.3) is 0 Å². The van der Waals surface area contributed by atoms with E-state index in [1.807, 2.05) is 6.07 Å². The molecule has 14 heavy (non-hydrogen) atoms. The summed E-state index contributed by atoms with van der Waals surface area (Å²) in [7, 11) is 0. The van der Waals surface area contributed by atoms with Crippen molar-refractivity contribution in [2.75, 3.05) is 0 Å². The molecule has 0 atom stereocenters. The van der Waals surface area contributed by atoms with E-state index < -0.39 is 0 Å². The van der Waals surface area contributed by atoms with E-state index in [1.54, 1.807) is 0 Å². The Bertz CT molecular complexity index is 161. The molecule has 0 saturated heterocycles. The van der Waals surface area contributed by atoms with E-state index in [9.17, 15) is 0 Å². The number of benzene rings is 1. The van der Waals surface area contributed by atoms with Gasteiger partial charge in [-0.25, -0.2) is 0 Å². The Morgan fingerprint density at radius 1 is 0.786 bits per heavy atom. The van der Waals surface area contributed by atoms with E-state index >= 15 is 0 Å². The van der Waals surface area contributed by atoms with Crippen LogP contribution in [0.3, 0.4) is 0 Å². The first-order valence-corrected chi connectivity index (χ1v) is 2.97.